The van der Waals surface area contributed by atoms with Gasteiger partial charge in [-0.3, -0.25) is 9.59 Å². The summed E-state index contributed by atoms with van der Waals surface area (Å²) in [4.78, 5) is 28.7. The highest BCUT2D eigenvalue weighted by atomic mass is 35.5. The van der Waals surface area contributed by atoms with Crippen molar-refractivity contribution in [3.05, 3.63) is 105 Å². The highest BCUT2D eigenvalue weighted by Crippen LogP contribution is 2.37. The van der Waals surface area contributed by atoms with Crippen LogP contribution in [0.2, 0.25) is 5.02 Å². The van der Waals surface area contributed by atoms with E-state index in [1.165, 1.54) is 5.39 Å². The van der Waals surface area contributed by atoms with Gasteiger partial charge in [-0.25, -0.2) is 0 Å². The molecule has 2 aromatic carbocycles. The first-order valence-corrected chi connectivity index (χ1v) is 13.8. The number of fused-ring (bicyclic) bond motifs is 1. The van der Waals surface area contributed by atoms with Gasteiger partial charge >= 0.3 is 0 Å². The molecule has 2 aromatic heterocycles. The maximum absolute atomic E-state index is 14.2. The van der Waals surface area contributed by atoms with Gasteiger partial charge in [0.05, 0.1) is 5.92 Å². The normalized spacial score (nSPS) is 19.5. The molecule has 1 aliphatic heterocycles. The number of piperidine rings is 1. The van der Waals surface area contributed by atoms with Crippen LogP contribution in [0, 0.1) is 5.92 Å². The number of carbonyl (C=O) groups is 1. The van der Waals surface area contributed by atoms with Gasteiger partial charge in [0.15, 0.2) is 0 Å². The second kappa shape index (κ2) is 10.4. The lowest BCUT2D eigenvalue weighted by Gasteiger charge is -2.35. The molecule has 2 aliphatic rings. The van der Waals surface area contributed by atoms with E-state index in [0.29, 0.717) is 13.1 Å². The Kier molecular flexibility index (Phi) is 6.85. The standard InChI is InChI=1S/C31H33ClN4O2/c1-34-14-12-22(16-30(34)37)26-11-13-33-17-28(26)31(38)36(25-9-10-25)20-23-19-35(29-8-3-2-7-27(23)29)18-21-5-4-6-24(32)15-21/h2-8,12,14-16,19,25-26,28,33H,9-11,13,17-18,20H2,1H3/t26?,28-/m0/s1. The maximum Gasteiger partial charge on any atom is 0.250 e. The number of pyridine rings is 1. The molecular weight excluding hydrogens is 496 g/mol. The third-order valence-corrected chi connectivity index (χ3v) is 8.32. The van der Waals surface area contributed by atoms with Crippen LogP contribution in [0.5, 0.6) is 0 Å². The number of nitrogens with one attached hydrogen (secondary N) is 1. The van der Waals surface area contributed by atoms with Crippen molar-refractivity contribution in [3.63, 3.8) is 0 Å². The first kappa shape index (κ1) is 25.0. The quantitative estimate of drug-likeness (QED) is 0.370. The zero-order chi connectivity index (χ0) is 26.2. The maximum atomic E-state index is 14.2. The molecule has 0 spiro atoms. The molecule has 1 saturated heterocycles. The molecule has 6 nitrogen and oxygen atoms in total. The summed E-state index contributed by atoms with van der Waals surface area (Å²) >= 11 is 6.25. The molecule has 7 heteroatoms. The second-order valence-electron chi connectivity index (χ2n) is 10.7. The fraction of sp³-hybridized carbons (Fsp3) is 0.355. The number of benzene rings is 2. The molecule has 38 heavy (non-hydrogen) atoms. The molecule has 196 valence electrons. The van der Waals surface area contributed by atoms with Crippen molar-refractivity contribution in [1.82, 2.24) is 19.4 Å². The van der Waals surface area contributed by atoms with Crippen molar-refractivity contribution in [2.45, 2.75) is 44.3 Å². The summed E-state index contributed by atoms with van der Waals surface area (Å²) in [5.41, 5.74) is 4.41. The zero-order valence-electron chi connectivity index (χ0n) is 21.6. The van der Waals surface area contributed by atoms with Crippen molar-refractivity contribution < 1.29 is 4.79 Å². The van der Waals surface area contributed by atoms with E-state index in [2.05, 4.69) is 51.3 Å². The van der Waals surface area contributed by atoms with Crippen molar-refractivity contribution in [3.8, 4) is 0 Å². The summed E-state index contributed by atoms with van der Waals surface area (Å²) in [6.07, 6.45) is 6.95. The molecule has 1 saturated carbocycles. The monoisotopic (exact) mass is 528 g/mol. The number of hydrogen-bond donors (Lipinski definition) is 1. The number of aryl methyl sites for hydroxylation is 1. The Hall–Kier alpha value is -3.35. The van der Waals surface area contributed by atoms with Crippen molar-refractivity contribution in [2.24, 2.45) is 13.0 Å². The largest absolute Gasteiger partial charge is 0.343 e. The number of rotatable bonds is 7. The highest BCUT2D eigenvalue weighted by molar-refractivity contribution is 6.30. The van der Waals surface area contributed by atoms with Crippen molar-refractivity contribution >= 4 is 28.4 Å². The third kappa shape index (κ3) is 5.03. The predicted molar refractivity (Wildman–Crippen MR) is 151 cm³/mol. The van der Waals surface area contributed by atoms with Gasteiger partial charge in [0.2, 0.25) is 5.91 Å². The molecule has 1 aliphatic carbocycles. The van der Waals surface area contributed by atoms with Crippen LogP contribution in [0.4, 0.5) is 0 Å². The van der Waals surface area contributed by atoms with Crippen LogP contribution in [0.3, 0.4) is 0 Å². The van der Waals surface area contributed by atoms with E-state index in [9.17, 15) is 9.59 Å². The van der Waals surface area contributed by atoms with E-state index >= 15 is 0 Å². The van der Waals surface area contributed by atoms with Gasteiger partial charge in [-0.1, -0.05) is 41.9 Å². The van der Waals surface area contributed by atoms with E-state index < -0.39 is 0 Å². The molecule has 2 atom stereocenters. The zero-order valence-corrected chi connectivity index (χ0v) is 22.4. The summed E-state index contributed by atoms with van der Waals surface area (Å²) in [7, 11) is 1.76. The summed E-state index contributed by atoms with van der Waals surface area (Å²) in [5, 5.41) is 5.35. The van der Waals surface area contributed by atoms with Crippen LogP contribution in [-0.4, -0.2) is 39.1 Å². The van der Waals surface area contributed by atoms with Gasteiger partial charge in [0.1, 0.15) is 0 Å². The fourth-order valence-electron chi connectivity index (χ4n) is 5.89. The lowest BCUT2D eigenvalue weighted by atomic mass is 9.80. The van der Waals surface area contributed by atoms with Crippen LogP contribution in [0.25, 0.3) is 10.9 Å². The predicted octanol–water partition coefficient (Wildman–Crippen LogP) is 4.93. The van der Waals surface area contributed by atoms with E-state index in [4.69, 9.17) is 11.6 Å². The molecule has 4 aromatic rings. The number of hydrogen-bond acceptors (Lipinski definition) is 3. The summed E-state index contributed by atoms with van der Waals surface area (Å²) in [6.45, 7) is 2.80. The van der Waals surface area contributed by atoms with Gasteiger partial charge in [-0.15, -0.1) is 0 Å². The number of nitrogens with zero attached hydrogens (tertiary/aromatic N) is 3. The Morgan fingerprint density at radius 2 is 1.92 bits per heavy atom. The summed E-state index contributed by atoms with van der Waals surface area (Å²) in [5.74, 6) is 0.0522. The van der Waals surface area contributed by atoms with E-state index in [1.807, 2.05) is 30.5 Å². The minimum absolute atomic E-state index is 0.0289. The first-order valence-electron chi connectivity index (χ1n) is 13.5. The number of halogens is 1. The van der Waals surface area contributed by atoms with E-state index in [-0.39, 0.29) is 29.3 Å². The topological polar surface area (TPSA) is 59.3 Å². The molecular formula is C31H33ClN4O2. The van der Waals surface area contributed by atoms with Crippen LogP contribution in [0.15, 0.2) is 77.9 Å². The Labute approximate surface area is 227 Å². The molecule has 6 rings (SSSR count). The molecule has 1 amide bonds. The third-order valence-electron chi connectivity index (χ3n) is 8.08. The Balaban J connectivity index is 1.30. The Morgan fingerprint density at radius 1 is 1.08 bits per heavy atom. The van der Waals surface area contributed by atoms with Crippen LogP contribution < -0.4 is 10.9 Å². The molecule has 3 heterocycles. The van der Waals surface area contributed by atoms with Gasteiger partial charge in [-0.05, 0) is 72.7 Å². The number of para-hydroxylation sites is 1. The van der Waals surface area contributed by atoms with Gasteiger partial charge in [0, 0.05) is 67.1 Å². The molecule has 1 unspecified atom stereocenters. The summed E-state index contributed by atoms with van der Waals surface area (Å²) in [6, 6.07) is 20.4. The Bertz CT molecular complexity index is 1540. The Morgan fingerprint density at radius 3 is 2.71 bits per heavy atom. The lowest BCUT2D eigenvalue weighted by Crippen LogP contribution is -2.47. The number of amides is 1. The van der Waals surface area contributed by atoms with Crippen LogP contribution in [0.1, 0.15) is 41.9 Å². The highest BCUT2D eigenvalue weighted by Gasteiger charge is 2.40. The van der Waals surface area contributed by atoms with Crippen LogP contribution >= 0.6 is 11.6 Å². The SMILES string of the molecule is Cn1ccc(C2CCNC[C@@H]2C(=O)N(Cc2cn(Cc3cccc(Cl)c3)c3ccccc23)C2CC2)cc1=O. The smallest absolute Gasteiger partial charge is 0.250 e. The average molecular weight is 529 g/mol. The number of carbonyl (C=O) groups excluding carboxylic acids is 1. The van der Waals surface area contributed by atoms with Gasteiger partial charge in [-0.2, -0.15) is 0 Å². The summed E-state index contributed by atoms with van der Waals surface area (Å²) < 4.78 is 3.84. The first-order chi connectivity index (χ1) is 18.5. The molecule has 2 fully saturated rings. The van der Waals surface area contributed by atoms with Crippen LogP contribution in [-0.2, 0) is 24.9 Å². The average Bonchev–Trinajstić information content (AvgIpc) is 3.72. The lowest BCUT2D eigenvalue weighted by molar-refractivity contribution is -0.138. The van der Waals surface area contributed by atoms with Gasteiger partial charge < -0.3 is 19.4 Å². The number of aromatic nitrogens is 2. The van der Waals surface area contributed by atoms with Crippen molar-refractivity contribution in [2.75, 3.05) is 13.1 Å². The molecule has 0 bridgehead atoms. The minimum Gasteiger partial charge on any atom is -0.343 e. The minimum atomic E-state index is -0.184. The van der Waals surface area contributed by atoms with Gasteiger partial charge in [0.25, 0.3) is 5.56 Å². The van der Waals surface area contributed by atoms with E-state index in [0.717, 1.165) is 59.6 Å². The fourth-order valence-corrected chi connectivity index (χ4v) is 6.11. The molecule has 1 N–H and O–H groups in total. The van der Waals surface area contributed by atoms with E-state index in [1.54, 1.807) is 17.7 Å². The molecule has 0 radical (unpaired) electrons. The second-order valence-corrected chi connectivity index (χ2v) is 11.2. The van der Waals surface area contributed by atoms with Crippen molar-refractivity contribution in [1.29, 1.82) is 0 Å².